The Balaban J connectivity index is 2.47. The van der Waals surface area contributed by atoms with Gasteiger partial charge in [0, 0.05) is 6.20 Å². The van der Waals surface area contributed by atoms with Crippen LogP contribution >= 0.6 is 0 Å². The molecule has 1 N–H and O–H groups in total. The molecule has 4 heteroatoms. The second kappa shape index (κ2) is 2.91. The van der Waals surface area contributed by atoms with Crippen molar-refractivity contribution in [2.24, 2.45) is 0 Å². The van der Waals surface area contributed by atoms with E-state index in [1.54, 1.807) is 6.20 Å². The third kappa shape index (κ3) is 1.16. The van der Waals surface area contributed by atoms with Gasteiger partial charge in [0.1, 0.15) is 5.52 Å². The molecule has 0 amide bonds. The van der Waals surface area contributed by atoms with Crippen LogP contribution in [-0.4, -0.2) is 17.0 Å². The zero-order valence-electron chi connectivity index (χ0n) is 6.74. The van der Waals surface area contributed by atoms with Crippen LogP contribution in [0.1, 0.15) is 5.89 Å². The molecule has 2 aromatic rings. The van der Waals surface area contributed by atoms with Gasteiger partial charge >= 0.3 is 0 Å². The average molecular weight is 163 g/mol. The molecule has 4 nitrogen and oxygen atoms in total. The van der Waals surface area contributed by atoms with E-state index in [0.29, 0.717) is 18.1 Å². The van der Waals surface area contributed by atoms with Crippen molar-refractivity contribution < 1.29 is 4.42 Å². The summed E-state index contributed by atoms with van der Waals surface area (Å²) in [6.45, 7) is 0.635. The molecule has 0 unspecified atom stereocenters. The molecule has 0 saturated carbocycles. The molecule has 2 aromatic heterocycles. The van der Waals surface area contributed by atoms with Crippen LogP contribution in [0.3, 0.4) is 0 Å². The quantitative estimate of drug-likeness (QED) is 0.715. The lowest BCUT2D eigenvalue weighted by atomic mass is 10.4. The maximum atomic E-state index is 5.32. The molecule has 0 spiro atoms. The summed E-state index contributed by atoms with van der Waals surface area (Å²) in [5.41, 5.74) is 1.41. The summed E-state index contributed by atoms with van der Waals surface area (Å²) >= 11 is 0. The minimum Gasteiger partial charge on any atom is -0.421 e. The topological polar surface area (TPSA) is 51.0 Å². The first-order chi connectivity index (χ1) is 5.90. The second-order valence-electron chi connectivity index (χ2n) is 2.47. The minimum absolute atomic E-state index is 0.600. The molecule has 0 aliphatic rings. The van der Waals surface area contributed by atoms with Crippen molar-refractivity contribution in [2.75, 3.05) is 7.05 Å². The maximum Gasteiger partial charge on any atom is 0.246 e. The van der Waals surface area contributed by atoms with Gasteiger partial charge in [0.2, 0.25) is 11.6 Å². The van der Waals surface area contributed by atoms with E-state index in [0.717, 1.165) is 5.52 Å². The number of nitrogens with one attached hydrogen (secondary N) is 1. The van der Waals surface area contributed by atoms with Crippen molar-refractivity contribution in [2.45, 2.75) is 6.54 Å². The fourth-order valence-corrected chi connectivity index (χ4v) is 1.04. The molecule has 0 fully saturated rings. The average Bonchev–Trinajstić information content (AvgIpc) is 2.47. The van der Waals surface area contributed by atoms with E-state index >= 15 is 0 Å². The zero-order chi connectivity index (χ0) is 8.39. The molecule has 2 heterocycles. The van der Waals surface area contributed by atoms with Gasteiger partial charge in [-0.25, -0.2) is 9.97 Å². The third-order valence-electron chi connectivity index (χ3n) is 1.54. The SMILES string of the molecule is CNCc1nc2cccnc2o1. The first-order valence-corrected chi connectivity index (χ1v) is 3.75. The summed E-state index contributed by atoms with van der Waals surface area (Å²) in [5, 5.41) is 2.96. The number of nitrogens with zero attached hydrogens (tertiary/aromatic N) is 2. The summed E-state index contributed by atoms with van der Waals surface area (Å²) < 4.78 is 5.32. The van der Waals surface area contributed by atoms with Crippen LogP contribution in [0.25, 0.3) is 11.2 Å². The fourth-order valence-electron chi connectivity index (χ4n) is 1.04. The Morgan fingerprint density at radius 2 is 2.50 bits per heavy atom. The number of hydrogen-bond donors (Lipinski definition) is 1. The Labute approximate surface area is 69.6 Å². The van der Waals surface area contributed by atoms with Crippen LogP contribution < -0.4 is 5.32 Å². The highest BCUT2D eigenvalue weighted by Crippen LogP contribution is 2.10. The van der Waals surface area contributed by atoms with Crippen molar-refractivity contribution in [1.29, 1.82) is 0 Å². The lowest BCUT2D eigenvalue weighted by molar-refractivity contribution is 0.504. The van der Waals surface area contributed by atoms with Gasteiger partial charge in [-0.05, 0) is 19.2 Å². The molecule has 0 bridgehead atoms. The number of oxazole rings is 1. The summed E-state index contributed by atoms with van der Waals surface area (Å²) in [5.74, 6) is 0.672. The molecule has 0 atom stereocenters. The molecule has 0 aliphatic heterocycles. The number of aromatic nitrogens is 2. The molecule has 0 saturated heterocycles. The minimum atomic E-state index is 0.600. The van der Waals surface area contributed by atoms with Crippen molar-refractivity contribution in [3.8, 4) is 0 Å². The Hall–Kier alpha value is -1.42. The van der Waals surface area contributed by atoms with E-state index in [-0.39, 0.29) is 0 Å². The molecule has 12 heavy (non-hydrogen) atoms. The van der Waals surface area contributed by atoms with E-state index in [1.165, 1.54) is 0 Å². The van der Waals surface area contributed by atoms with Crippen LogP contribution in [-0.2, 0) is 6.54 Å². The van der Waals surface area contributed by atoms with Crippen LogP contribution in [0, 0.1) is 0 Å². The standard InChI is InChI=1S/C8H9N3O/c1-9-5-7-11-6-3-2-4-10-8(6)12-7/h2-4,9H,5H2,1H3. The smallest absolute Gasteiger partial charge is 0.246 e. The molecular weight excluding hydrogens is 154 g/mol. The van der Waals surface area contributed by atoms with Gasteiger partial charge in [0.25, 0.3) is 0 Å². The van der Waals surface area contributed by atoms with E-state index in [2.05, 4.69) is 15.3 Å². The van der Waals surface area contributed by atoms with Crippen LogP contribution in [0.2, 0.25) is 0 Å². The number of pyridine rings is 1. The first kappa shape index (κ1) is 7.24. The van der Waals surface area contributed by atoms with E-state index in [9.17, 15) is 0 Å². The third-order valence-corrected chi connectivity index (χ3v) is 1.54. The summed E-state index contributed by atoms with van der Waals surface area (Å²) in [6, 6.07) is 3.72. The van der Waals surface area contributed by atoms with Crippen LogP contribution in [0.4, 0.5) is 0 Å². The molecule has 62 valence electrons. The van der Waals surface area contributed by atoms with Crippen LogP contribution in [0.5, 0.6) is 0 Å². The normalized spacial score (nSPS) is 10.8. The highest BCUT2D eigenvalue weighted by molar-refractivity contribution is 5.67. The van der Waals surface area contributed by atoms with Crippen molar-refractivity contribution in [3.05, 3.63) is 24.2 Å². The summed E-state index contributed by atoms with van der Waals surface area (Å²) in [7, 11) is 1.85. The van der Waals surface area contributed by atoms with E-state index in [4.69, 9.17) is 4.42 Å². The lowest BCUT2D eigenvalue weighted by Crippen LogP contribution is -2.04. The molecular formula is C8H9N3O. The van der Waals surface area contributed by atoms with E-state index < -0.39 is 0 Å². The molecule has 0 aromatic carbocycles. The van der Waals surface area contributed by atoms with Gasteiger partial charge < -0.3 is 9.73 Å². The number of hydrogen-bond acceptors (Lipinski definition) is 4. The Bertz CT molecular complexity index is 349. The Morgan fingerprint density at radius 3 is 3.25 bits per heavy atom. The van der Waals surface area contributed by atoms with Crippen LogP contribution in [0.15, 0.2) is 22.7 Å². The van der Waals surface area contributed by atoms with Crippen molar-refractivity contribution in [1.82, 2.24) is 15.3 Å². The van der Waals surface area contributed by atoms with Crippen molar-refractivity contribution in [3.63, 3.8) is 0 Å². The maximum absolute atomic E-state index is 5.32. The lowest BCUT2D eigenvalue weighted by Gasteiger charge is -1.87. The van der Waals surface area contributed by atoms with Gasteiger partial charge in [-0.15, -0.1) is 0 Å². The van der Waals surface area contributed by atoms with Gasteiger partial charge in [-0.1, -0.05) is 0 Å². The van der Waals surface area contributed by atoms with Gasteiger partial charge in [-0.3, -0.25) is 0 Å². The molecule has 2 rings (SSSR count). The highest BCUT2D eigenvalue weighted by Gasteiger charge is 2.03. The zero-order valence-corrected chi connectivity index (χ0v) is 6.74. The van der Waals surface area contributed by atoms with E-state index in [1.807, 2.05) is 19.2 Å². The summed E-state index contributed by atoms with van der Waals surface area (Å²) in [4.78, 5) is 8.24. The fraction of sp³-hybridized carbons (Fsp3) is 0.250. The summed E-state index contributed by atoms with van der Waals surface area (Å²) in [6.07, 6.45) is 1.69. The highest BCUT2D eigenvalue weighted by atomic mass is 16.4. The Morgan fingerprint density at radius 1 is 1.58 bits per heavy atom. The molecule has 0 radical (unpaired) electrons. The second-order valence-corrected chi connectivity index (χ2v) is 2.47. The number of rotatable bonds is 2. The molecule has 0 aliphatic carbocycles. The van der Waals surface area contributed by atoms with Gasteiger partial charge in [-0.2, -0.15) is 0 Å². The Kier molecular flexibility index (Phi) is 1.75. The largest absolute Gasteiger partial charge is 0.421 e. The number of fused-ring (bicyclic) bond motifs is 1. The monoisotopic (exact) mass is 163 g/mol. The van der Waals surface area contributed by atoms with Gasteiger partial charge in [0.05, 0.1) is 6.54 Å². The van der Waals surface area contributed by atoms with Gasteiger partial charge in [0.15, 0.2) is 0 Å². The predicted molar refractivity (Wildman–Crippen MR) is 44.6 cm³/mol. The van der Waals surface area contributed by atoms with Crippen molar-refractivity contribution >= 4 is 11.2 Å². The first-order valence-electron chi connectivity index (χ1n) is 3.75. The predicted octanol–water partition coefficient (Wildman–Crippen LogP) is 0.942.